The first kappa shape index (κ1) is 13.0. The fraction of sp³-hybridized carbons (Fsp3) is 0.846. The van der Waals surface area contributed by atoms with E-state index >= 15 is 0 Å². The number of aliphatic hydroxyl groups is 1. The van der Waals surface area contributed by atoms with Crippen molar-refractivity contribution >= 4 is 0 Å². The van der Waals surface area contributed by atoms with Crippen LogP contribution in [0.25, 0.3) is 0 Å². The summed E-state index contributed by atoms with van der Waals surface area (Å²) in [5.41, 5.74) is 0. The maximum Gasteiger partial charge on any atom is 0.244 e. The van der Waals surface area contributed by atoms with Gasteiger partial charge in [-0.2, -0.15) is 4.98 Å². The van der Waals surface area contributed by atoms with Gasteiger partial charge in [0.2, 0.25) is 5.89 Å². The summed E-state index contributed by atoms with van der Waals surface area (Å²) in [6, 6.07) is 0.0890. The number of hydrogen-bond donors (Lipinski definition) is 2. The molecule has 0 aromatic carbocycles. The van der Waals surface area contributed by atoms with Crippen LogP contribution >= 0.6 is 0 Å². The average molecular weight is 266 g/mol. The van der Waals surface area contributed by atoms with Crippen LogP contribution in [0.15, 0.2) is 4.52 Å². The topological polar surface area (TPSA) is 74.4 Å². The molecule has 3 rings (SSSR count). The van der Waals surface area contributed by atoms with Crippen molar-refractivity contribution in [2.75, 3.05) is 26.2 Å². The molecule has 2 fully saturated rings. The summed E-state index contributed by atoms with van der Waals surface area (Å²) in [5, 5.41) is 17.2. The zero-order valence-corrected chi connectivity index (χ0v) is 11.4. The minimum absolute atomic E-state index is 0.0890. The third kappa shape index (κ3) is 2.96. The van der Waals surface area contributed by atoms with E-state index in [1.54, 1.807) is 0 Å². The second kappa shape index (κ2) is 5.56. The third-order valence-corrected chi connectivity index (χ3v) is 4.16. The molecular weight excluding hydrogens is 244 g/mol. The largest absolute Gasteiger partial charge is 0.392 e. The van der Waals surface area contributed by atoms with Gasteiger partial charge in [0, 0.05) is 13.1 Å². The highest BCUT2D eigenvalue weighted by Crippen LogP contribution is 2.32. The monoisotopic (exact) mass is 266 g/mol. The summed E-state index contributed by atoms with van der Waals surface area (Å²) < 4.78 is 5.29. The first-order valence-electron chi connectivity index (χ1n) is 7.15. The van der Waals surface area contributed by atoms with E-state index in [4.69, 9.17) is 4.52 Å². The predicted molar refractivity (Wildman–Crippen MR) is 69.6 cm³/mol. The molecule has 0 amide bonds. The average Bonchev–Trinajstić information content (AvgIpc) is 2.97. The summed E-state index contributed by atoms with van der Waals surface area (Å²) in [4.78, 5) is 6.64. The van der Waals surface area contributed by atoms with Gasteiger partial charge >= 0.3 is 0 Å². The normalized spacial score (nSPS) is 30.0. The molecule has 2 N–H and O–H groups in total. The number of aryl methyl sites for hydroxylation is 1. The standard InChI is InChI=1S/C13H22N4O2/c1-9-15-13(19-16-9)12-6-11(18)8-17(12)7-10-2-4-14-5-3-10/h10-12,14,18H,2-8H2,1H3/t11-,12-/m1/s1. The van der Waals surface area contributed by atoms with Crippen molar-refractivity contribution in [1.29, 1.82) is 0 Å². The Morgan fingerprint density at radius 3 is 2.89 bits per heavy atom. The lowest BCUT2D eigenvalue weighted by atomic mass is 9.97. The van der Waals surface area contributed by atoms with E-state index in [1.807, 2.05) is 6.92 Å². The Labute approximate surface area is 113 Å². The van der Waals surface area contributed by atoms with E-state index in [-0.39, 0.29) is 12.1 Å². The Balaban J connectivity index is 1.67. The van der Waals surface area contributed by atoms with Crippen LogP contribution in [0.1, 0.15) is 37.0 Å². The van der Waals surface area contributed by atoms with E-state index < -0.39 is 0 Å². The molecule has 2 saturated heterocycles. The molecule has 0 aliphatic carbocycles. The minimum Gasteiger partial charge on any atom is -0.392 e. The van der Waals surface area contributed by atoms with Crippen molar-refractivity contribution in [3.05, 3.63) is 11.7 Å². The number of aliphatic hydroxyl groups excluding tert-OH is 1. The molecule has 0 bridgehead atoms. The highest BCUT2D eigenvalue weighted by Gasteiger charge is 2.36. The van der Waals surface area contributed by atoms with Crippen LogP contribution in [0.5, 0.6) is 0 Å². The molecule has 2 aliphatic rings. The molecule has 6 nitrogen and oxygen atoms in total. The van der Waals surface area contributed by atoms with Gasteiger partial charge in [-0.05, 0) is 45.2 Å². The second-order valence-electron chi connectivity index (χ2n) is 5.73. The van der Waals surface area contributed by atoms with Gasteiger partial charge in [0.25, 0.3) is 0 Å². The smallest absolute Gasteiger partial charge is 0.244 e. The van der Waals surface area contributed by atoms with Crippen molar-refractivity contribution in [1.82, 2.24) is 20.4 Å². The Morgan fingerprint density at radius 2 is 2.21 bits per heavy atom. The Hall–Kier alpha value is -0.980. The van der Waals surface area contributed by atoms with Crippen LogP contribution in [-0.4, -0.2) is 52.4 Å². The van der Waals surface area contributed by atoms with Gasteiger partial charge < -0.3 is 14.9 Å². The molecule has 2 aliphatic heterocycles. The molecule has 1 aromatic heterocycles. The van der Waals surface area contributed by atoms with Crippen LogP contribution in [0.2, 0.25) is 0 Å². The number of aromatic nitrogens is 2. The molecule has 106 valence electrons. The number of rotatable bonds is 3. The van der Waals surface area contributed by atoms with Crippen molar-refractivity contribution in [3.63, 3.8) is 0 Å². The molecule has 1 aromatic rings. The first-order valence-corrected chi connectivity index (χ1v) is 7.15. The van der Waals surface area contributed by atoms with Crippen LogP contribution < -0.4 is 5.32 Å². The highest BCUT2D eigenvalue weighted by molar-refractivity contribution is 4.98. The molecule has 0 radical (unpaired) electrons. The van der Waals surface area contributed by atoms with Crippen molar-refractivity contribution in [2.45, 2.75) is 38.3 Å². The first-order chi connectivity index (χ1) is 9.22. The highest BCUT2D eigenvalue weighted by atomic mass is 16.5. The molecule has 2 atom stereocenters. The number of nitrogens with zero attached hydrogens (tertiary/aromatic N) is 3. The van der Waals surface area contributed by atoms with Gasteiger partial charge in [-0.25, -0.2) is 0 Å². The molecule has 0 unspecified atom stereocenters. The maximum absolute atomic E-state index is 9.92. The summed E-state index contributed by atoms with van der Waals surface area (Å²) in [6.07, 6.45) is 2.84. The zero-order chi connectivity index (χ0) is 13.2. The number of hydrogen-bond acceptors (Lipinski definition) is 6. The Kier molecular flexibility index (Phi) is 3.81. The van der Waals surface area contributed by atoms with Gasteiger partial charge in [0.1, 0.15) is 0 Å². The van der Waals surface area contributed by atoms with E-state index in [2.05, 4.69) is 20.4 Å². The summed E-state index contributed by atoms with van der Waals surface area (Å²) in [5.74, 6) is 2.03. The van der Waals surface area contributed by atoms with Gasteiger partial charge in [-0.1, -0.05) is 5.16 Å². The maximum atomic E-state index is 9.92. The molecular formula is C13H22N4O2. The van der Waals surface area contributed by atoms with E-state index in [0.717, 1.165) is 26.2 Å². The van der Waals surface area contributed by atoms with E-state index in [9.17, 15) is 5.11 Å². The molecule has 19 heavy (non-hydrogen) atoms. The van der Waals surface area contributed by atoms with Crippen LogP contribution in [0.3, 0.4) is 0 Å². The Bertz CT molecular complexity index is 417. The molecule has 0 spiro atoms. The van der Waals surface area contributed by atoms with Gasteiger partial charge in [0.15, 0.2) is 5.82 Å². The van der Waals surface area contributed by atoms with Crippen molar-refractivity contribution in [3.8, 4) is 0 Å². The van der Waals surface area contributed by atoms with Crippen LogP contribution in [0.4, 0.5) is 0 Å². The molecule has 3 heterocycles. The van der Waals surface area contributed by atoms with Gasteiger partial charge in [-0.15, -0.1) is 0 Å². The SMILES string of the molecule is Cc1noc([C@H]2C[C@@H](O)CN2CC2CCNCC2)n1. The predicted octanol–water partition coefficient (Wildman–Crippen LogP) is 0.485. The molecule has 0 saturated carbocycles. The summed E-state index contributed by atoms with van der Waals surface area (Å²) >= 11 is 0. The summed E-state index contributed by atoms with van der Waals surface area (Å²) in [7, 11) is 0. The van der Waals surface area contributed by atoms with Crippen molar-refractivity contribution in [2.24, 2.45) is 5.92 Å². The molecule has 6 heteroatoms. The fourth-order valence-electron chi connectivity index (χ4n) is 3.18. The lowest BCUT2D eigenvalue weighted by molar-refractivity contribution is 0.149. The quantitative estimate of drug-likeness (QED) is 0.829. The van der Waals surface area contributed by atoms with Gasteiger partial charge in [-0.3, -0.25) is 4.90 Å². The number of β-amino-alcohol motifs (C(OH)–C–C–N with tert-alkyl or cyclic N) is 1. The van der Waals surface area contributed by atoms with Crippen molar-refractivity contribution < 1.29 is 9.63 Å². The van der Waals surface area contributed by atoms with E-state index in [0.29, 0.717) is 24.1 Å². The number of piperidine rings is 1. The van der Waals surface area contributed by atoms with Gasteiger partial charge in [0.05, 0.1) is 12.1 Å². The minimum atomic E-state index is -0.279. The van der Waals surface area contributed by atoms with Crippen LogP contribution in [-0.2, 0) is 0 Å². The fourth-order valence-corrected chi connectivity index (χ4v) is 3.18. The third-order valence-electron chi connectivity index (χ3n) is 4.16. The van der Waals surface area contributed by atoms with E-state index in [1.165, 1.54) is 12.8 Å². The lowest BCUT2D eigenvalue weighted by Crippen LogP contribution is -2.36. The summed E-state index contributed by atoms with van der Waals surface area (Å²) in [6.45, 7) is 5.77. The second-order valence-corrected chi connectivity index (χ2v) is 5.73. The lowest BCUT2D eigenvalue weighted by Gasteiger charge is -2.29. The zero-order valence-electron chi connectivity index (χ0n) is 11.4. The number of nitrogens with one attached hydrogen (secondary N) is 1. The number of likely N-dealkylation sites (tertiary alicyclic amines) is 1. The Morgan fingerprint density at radius 1 is 1.42 bits per heavy atom. The van der Waals surface area contributed by atoms with Crippen LogP contribution in [0, 0.1) is 12.8 Å².